The minimum absolute atomic E-state index is 0.580. The molecule has 0 atom stereocenters. The van der Waals surface area contributed by atoms with Crippen molar-refractivity contribution in [3.05, 3.63) is 28.6 Å². The van der Waals surface area contributed by atoms with Gasteiger partial charge in [0.05, 0.1) is 10.7 Å². The zero-order valence-corrected chi connectivity index (χ0v) is 10.00. The smallest absolute Gasteiger partial charge is 0.199 e. The van der Waals surface area contributed by atoms with Crippen molar-refractivity contribution in [2.24, 2.45) is 0 Å². The van der Waals surface area contributed by atoms with E-state index in [0.29, 0.717) is 11.6 Å². The molecular formula is C10H10BrN3O. The molecule has 0 radical (unpaired) electrons. The number of furan rings is 1. The summed E-state index contributed by atoms with van der Waals surface area (Å²) in [6.45, 7) is 1.92. The Labute approximate surface area is 95.9 Å². The molecule has 5 heteroatoms. The molecule has 0 aliphatic carbocycles. The molecule has 2 rings (SSSR count). The van der Waals surface area contributed by atoms with E-state index in [-0.39, 0.29) is 0 Å². The summed E-state index contributed by atoms with van der Waals surface area (Å²) in [4.78, 5) is 8.62. The molecule has 0 saturated carbocycles. The van der Waals surface area contributed by atoms with Gasteiger partial charge in [0.1, 0.15) is 5.82 Å². The Balaban J connectivity index is 2.53. The first-order chi connectivity index (χ1) is 7.20. The van der Waals surface area contributed by atoms with Crippen LogP contribution in [0.3, 0.4) is 0 Å². The molecule has 0 aliphatic heterocycles. The first-order valence-corrected chi connectivity index (χ1v) is 5.27. The molecule has 0 bridgehead atoms. The molecule has 0 aromatic carbocycles. The Morgan fingerprint density at radius 1 is 1.40 bits per heavy atom. The van der Waals surface area contributed by atoms with Crippen molar-refractivity contribution >= 4 is 21.7 Å². The topological polar surface area (TPSA) is 51.0 Å². The van der Waals surface area contributed by atoms with E-state index in [2.05, 4.69) is 31.2 Å². The van der Waals surface area contributed by atoms with Gasteiger partial charge in [0.15, 0.2) is 11.6 Å². The molecule has 0 unspecified atom stereocenters. The number of aromatic nitrogens is 2. The van der Waals surface area contributed by atoms with Crippen LogP contribution in [-0.4, -0.2) is 17.0 Å². The maximum Gasteiger partial charge on any atom is 0.199 e. The van der Waals surface area contributed by atoms with Crippen molar-refractivity contribution in [3.8, 4) is 11.6 Å². The summed E-state index contributed by atoms with van der Waals surface area (Å²) < 4.78 is 6.16. The molecular weight excluding hydrogens is 258 g/mol. The Kier molecular flexibility index (Phi) is 2.73. The third-order valence-electron chi connectivity index (χ3n) is 1.93. The lowest BCUT2D eigenvalue weighted by atomic mass is 10.3. The van der Waals surface area contributed by atoms with Gasteiger partial charge in [0.25, 0.3) is 0 Å². The standard InChI is InChI=1S/C10H10BrN3O/c1-6-5-8(12-2)14-10(13-6)9-7(11)3-4-15-9/h3-5H,1-2H3,(H,12,13,14). The van der Waals surface area contributed by atoms with Crippen LogP contribution in [0.4, 0.5) is 5.82 Å². The monoisotopic (exact) mass is 267 g/mol. The van der Waals surface area contributed by atoms with E-state index < -0.39 is 0 Å². The van der Waals surface area contributed by atoms with Gasteiger partial charge in [-0.25, -0.2) is 9.97 Å². The highest BCUT2D eigenvalue weighted by Crippen LogP contribution is 2.27. The number of nitrogens with zero attached hydrogens (tertiary/aromatic N) is 2. The van der Waals surface area contributed by atoms with Crippen molar-refractivity contribution in [3.63, 3.8) is 0 Å². The first kappa shape index (κ1) is 10.2. The van der Waals surface area contributed by atoms with Crippen molar-refractivity contribution in [1.29, 1.82) is 0 Å². The number of halogens is 1. The average molecular weight is 268 g/mol. The van der Waals surface area contributed by atoms with Gasteiger partial charge in [0, 0.05) is 18.8 Å². The largest absolute Gasteiger partial charge is 0.460 e. The summed E-state index contributed by atoms with van der Waals surface area (Å²) >= 11 is 3.38. The minimum Gasteiger partial charge on any atom is -0.460 e. The summed E-state index contributed by atoms with van der Waals surface area (Å²) in [7, 11) is 1.82. The summed E-state index contributed by atoms with van der Waals surface area (Å²) in [5, 5.41) is 2.98. The molecule has 2 heterocycles. The lowest BCUT2D eigenvalue weighted by Gasteiger charge is -2.03. The maximum atomic E-state index is 5.31. The maximum absolute atomic E-state index is 5.31. The fraction of sp³-hybridized carbons (Fsp3) is 0.200. The zero-order valence-electron chi connectivity index (χ0n) is 8.41. The Hall–Kier alpha value is -1.36. The van der Waals surface area contributed by atoms with Gasteiger partial charge in [-0.1, -0.05) is 0 Å². The number of hydrogen-bond donors (Lipinski definition) is 1. The second kappa shape index (κ2) is 4.02. The van der Waals surface area contributed by atoms with Crippen LogP contribution in [0.25, 0.3) is 11.6 Å². The van der Waals surface area contributed by atoms with E-state index in [1.54, 1.807) is 6.26 Å². The average Bonchev–Trinajstić information content (AvgIpc) is 2.63. The van der Waals surface area contributed by atoms with Gasteiger partial charge in [0.2, 0.25) is 0 Å². The number of rotatable bonds is 2. The van der Waals surface area contributed by atoms with Crippen LogP contribution >= 0.6 is 15.9 Å². The third-order valence-corrected chi connectivity index (χ3v) is 2.56. The van der Waals surface area contributed by atoms with E-state index in [9.17, 15) is 0 Å². The van der Waals surface area contributed by atoms with Crippen LogP contribution in [-0.2, 0) is 0 Å². The normalized spacial score (nSPS) is 10.3. The predicted molar refractivity (Wildman–Crippen MR) is 61.7 cm³/mol. The Morgan fingerprint density at radius 2 is 2.20 bits per heavy atom. The second-order valence-corrected chi connectivity index (χ2v) is 3.92. The first-order valence-electron chi connectivity index (χ1n) is 4.47. The quantitative estimate of drug-likeness (QED) is 0.909. The zero-order chi connectivity index (χ0) is 10.8. The third kappa shape index (κ3) is 2.02. The molecule has 0 spiro atoms. The van der Waals surface area contributed by atoms with Crippen molar-refractivity contribution < 1.29 is 4.42 Å². The van der Waals surface area contributed by atoms with Gasteiger partial charge < -0.3 is 9.73 Å². The van der Waals surface area contributed by atoms with Crippen LogP contribution in [0.2, 0.25) is 0 Å². The summed E-state index contributed by atoms with van der Waals surface area (Å²) in [5.74, 6) is 2.01. The van der Waals surface area contributed by atoms with Crippen LogP contribution in [0.1, 0.15) is 5.69 Å². The number of anilines is 1. The van der Waals surface area contributed by atoms with Crippen molar-refractivity contribution in [2.45, 2.75) is 6.92 Å². The Morgan fingerprint density at radius 3 is 2.80 bits per heavy atom. The summed E-state index contributed by atoms with van der Waals surface area (Å²) in [6.07, 6.45) is 1.60. The van der Waals surface area contributed by atoms with E-state index >= 15 is 0 Å². The molecule has 0 amide bonds. The number of nitrogens with one attached hydrogen (secondary N) is 1. The summed E-state index contributed by atoms with van der Waals surface area (Å²) in [5.41, 5.74) is 0.896. The molecule has 0 aliphatic rings. The van der Waals surface area contributed by atoms with Crippen LogP contribution in [0, 0.1) is 6.92 Å². The van der Waals surface area contributed by atoms with Crippen LogP contribution < -0.4 is 5.32 Å². The van der Waals surface area contributed by atoms with E-state index in [0.717, 1.165) is 16.0 Å². The second-order valence-electron chi connectivity index (χ2n) is 3.07. The lowest BCUT2D eigenvalue weighted by Crippen LogP contribution is -1.98. The van der Waals surface area contributed by atoms with Crippen LogP contribution in [0.15, 0.2) is 27.3 Å². The van der Waals surface area contributed by atoms with Gasteiger partial charge in [-0.3, -0.25) is 0 Å². The fourth-order valence-corrected chi connectivity index (χ4v) is 1.63. The molecule has 78 valence electrons. The molecule has 0 saturated heterocycles. The van der Waals surface area contributed by atoms with Gasteiger partial charge in [-0.15, -0.1) is 0 Å². The number of hydrogen-bond acceptors (Lipinski definition) is 4. The van der Waals surface area contributed by atoms with E-state index in [1.165, 1.54) is 0 Å². The highest BCUT2D eigenvalue weighted by Gasteiger charge is 2.11. The SMILES string of the molecule is CNc1cc(C)nc(-c2occc2Br)n1. The van der Waals surface area contributed by atoms with Gasteiger partial charge in [-0.05, 0) is 28.9 Å². The molecule has 1 N–H and O–H groups in total. The fourth-order valence-electron chi connectivity index (χ4n) is 1.25. The molecule has 15 heavy (non-hydrogen) atoms. The van der Waals surface area contributed by atoms with E-state index in [1.807, 2.05) is 26.1 Å². The molecule has 0 fully saturated rings. The molecule has 2 aromatic heterocycles. The van der Waals surface area contributed by atoms with Crippen molar-refractivity contribution in [1.82, 2.24) is 9.97 Å². The lowest BCUT2D eigenvalue weighted by molar-refractivity contribution is 0.576. The van der Waals surface area contributed by atoms with Crippen molar-refractivity contribution in [2.75, 3.05) is 12.4 Å². The summed E-state index contributed by atoms with van der Waals surface area (Å²) in [6, 6.07) is 3.69. The highest BCUT2D eigenvalue weighted by molar-refractivity contribution is 9.10. The van der Waals surface area contributed by atoms with Gasteiger partial charge in [-0.2, -0.15) is 0 Å². The van der Waals surface area contributed by atoms with Crippen LogP contribution in [0.5, 0.6) is 0 Å². The molecule has 4 nitrogen and oxygen atoms in total. The molecule has 2 aromatic rings. The van der Waals surface area contributed by atoms with E-state index in [4.69, 9.17) is 4.42 Å². The van der Waals surface area contributed by atoms with Gasteiger partial charge >= 0.3 is 0 Å². The minimum atomic E-state index is 0.580. The number of aryl methyl sites for hydroxylation is 1. The highest BCUT2D eigenvalue weighted by atomic mass is 79.9. The Bertz CT molecular complexity index is 481. The predicted octanol–water partition coefficient (Wildman–Crippen LogP) is 2.85.